The zero-order chi connectivity index (χ0) is 13.1. The van der Waals surface area contributed by atoms with Gasteiger partial charge in [-0.3, -0.25) is 9.59 Å². The summed E-state index contributed by atoms with van der Waals surface area (Å²) in [5.41, 5.74) is 0. The molecule has 17 heavy (non-hydrogen) atoms. The number of carboxylic acids is 1. The minimum atomic E-state index is -4.27. The standard InChI is InChI=1S/C10H14F3NO3/c11-10(12,13)7-3-1-2-6(4-7)9(17)14-5-8(15)16/h6-7H,1-5H2,(H,14,17)(H,15,16). The summed E-state index contributed by atoms with van der Waals surface area (Å²) in [5, 5.41) is 10.5. The molecule has 1 fully saturated rings. The highest BCUT2D eigenvalue weighted by molar-refractivity contribution is 5.82. The highest BCUT2D eigenvalue weighted by Crippen LogP contribution is 2.39. The van der Waals surface area contributed by atoms with Crippen molar-refractivity contribution in [3.05, 3.63) is 0 Å². The van der Waals surface area contributed by atoms with Gasteiger partial charge in [0.2, 0.25) is 5.91 Å². The molecule has 2 atom stereocenters. The average molecular weight is 253 g/mol. The summed E-state index contributed by atoms with van der Waals surface area (Å²) in [6.45, 7) is -0.550. The molecule has 7 heteroatoms. The zero-order valence-corrected chi connectivity index (χ0v) is 9.09. The number of carbonyl (C=O) groups excluding carboxylic acids is 1. The van der Waals surface area contributed by atoms with Crippen LogP contribution in [0.15, 0.2) is 0 Å². The summed E-state index contributed by atoms with van der Waals surface area (Å²) in [6, 6.07) is 0. The Bertz CT molecular complexity index is 304. The highest BCUT2D eigenvalue weighted by atomic mass is 19.4. The largest absolute Gasteiger partial charge is 0.480 e. The smallest absolute Gasteiger partial charge is 0.391 e. The second-order valence-electron chi connectivity index (χ2n) is 4.21. The molecule has 4 nitrogen and oxygen atoms in total. The lowest BCUT2D eigenvalue weighted by molar-refractivity contribution is -0.186. The van der Waals surface area contributed by atoms with Gasteiger partial charge in [-0.2, -0.15) is 13.2 Å². The molecule has 0 aromatic carbocycles. The predicted octanol–water partition coefficient (Wildman–Crippen LogP) is 1.56. The summed E-state index contributed by atoms with van der Waals surface area (Å²) in [4.78, 5) is 21.6. The minimum absolute atomic E-state index is 0.0478. The molecule has 1 rings (SSSR count). The number of nitrogens with one attached hydrogen (secondary N) is 1. The molecule has 1 aliphatic carbocycles. The van der Waals surface area contributed by atoms with E-state index in [0.29, 0.717) is 12.8 Å². The number of carboxylic acid groups (broad SMARTS) is 1. The van der Waals surface area contributed by atoms with Gasteiger partial charge in [-0.25, -0.2) is 0 Å². The van der Waals surface area contributed by atoms with Crippen LogP contribution in [0.1, 0.15) is 25.7 Å². The van der Waals surface area contributed by atoms with Crippen molar-refractivity contribution in [2.45, 2.75) is 31.9 Å². The van der Waals surface area contributed by atoms with Gasteiger partial charge in [0.15, 0.2) is 0 Å². The molecule has 0 aromatic rings. The normalized spacial score (nSPS) is 25.4. The molecule has 98 valence electrons. The fourth-order valence-electron chi connectivity index (χ4n) is 2.03. The first-order valence-corrected chi connectivity index (χ1v) is 5.37. The molecule has 2 unspecified atom stereocenters. The summed E-state index contributed by atoms with van der Waals surface area (Å²) in [6.07, 6.45) is -3.74. The number of hydrogen-bond acceptors (Lipinski definition) is 2. The molecule has 0 aliphatic heterocycles. The first-order chi connectivity index (χ1) is 7.80. The van der Waals surface area contributed by atoms with Crippen LogP contribution in [0, 0.1) is 11.8 Å². The van der Waals surface area contributed by atoms with Crippen LogP contribution in [0.25, 0.3) is 0 Å². The zero-order valence-electron chi connectivity index (χ0n) is 9.09. The summed E-state index contributed by atoms with van der Waals surface area (Å²) in [5.74, 6) is -3.98. The van der Waals surface area contributed by atoms with Gasteiger partial charge in [0.25, 0.3) is 0 Å². The van der Waals surface area contributed by atoms with Crippen LogP contribution in [0.3, 0.4) is 0 Å². The molecule has 2 N–H and O–H groups in total. The van der Waals surface area contributed by atoms with Crippen LogP contribution in [0.2, 0.25) is 0 Å². The van der Waals surface area contributed by atoms with E-state index < -0.39 is 36.4 Å². The van der Waals surface area contributed by atoms with Gasteiger partial charge in [-0.1, -0.05) is 6.42 Å². The van der Waals surface area contributed by atoms with Crippen LogP contribution >= 0.6 is 0 Å². The van der Waals surface area contributed by atoms with Crippen molar-refractivity contribution in [1.82, 2.24) is 5.32 Å². The van der Waals surface area contributed by atoms with Gasteiger partial charge >= 0.3 is 12.1 Å². The van der Waals surface area contributed by atoms with Gasteiger partial charge in [-0.05, 0) is 19.3 Å². The Labute approximate surface area is 96.2 Å². The number of halogens is 3. The van der Waals surface area contributed by atoms with Crippen molar-refractivity contribution < 1.29 is 27.9 Å². The van der Waals surface area contributed by atoms with E-state index >= 15 is 0 Å². The third kappa shape index (κ3) is 4.24. The molecular formula is C10H14F3NO3. The quantitative estimate of drug-likeness (QED) is 0.802. The van der Waals surface area contributed by atoms with E-state index in [4.69, 9.17) is 5.11 Å². The Kier molecular flexibility index (Phi) is 4.36. The maximum atomic E-state index is 12.5. The van der Waals surface area contributed by atoms with Crippen LogP contribution in [-0.2, 0) is 9.59 Å². The minimum Gasteiger partial charge on any atom is -0.480 e. The first-order valence-electron chi connectivity index (χ1n) is 5.37. The predicted molar refractivity (Wildman–Crippen MR) is 52.1 cm³/mol. The van der Waals surface area contributed by atoms with E-state index in [9.17, 15) is 22.8 Å². The molecular weight excluding hydrogens is 239 g/mol. The third-order valence-corrected chi connectivity index (χ3v) is 2.92. The summed E-state index contributed by atoms with van der Waals surface area (Å²) < 4.78 is 37.4. The fraction of sp³-hybridized carbons (Fsp3) is 0.800. The molecule has 0 radical (unpaired) electrons. The maximum Gasteiger partial charge on any atom is 0.391 e. The molecule has 0 saturated heterocycles. The molecule has 0 heterocycles. The fourth-order valence-corrected chi connectivity index (χ4v) is 2.03. The van der Waals surface area contributed by atoms with Gasteiger partial charge in [0, 0.05) is 5.92 Å². The van der Waals surface area contributed by atoms with E-state index in [1.165, 1.54) is 0 Å². The Hall–Kier alpha value is -1.27. The number of carbonyl (C=O) groups is 2. The maximum absolute atomic E-state index is 12.5. The number of rotatable bonds is 3. The lowest BCUT2D eigenvalue weighted by Gasteiger charge is -2.29. The van der Waals surface area contributed by atoms with Crippen LogP contribution in [0.4, 0.5) is 13.2 Å². The Morgan fingerprint density at radius 1 is 1.29 bits per heavy atom. The van der Waals surface area contributed by atoms with E-state index in [0.717, 1.165) is 0 Å². The Morgan fingerprint density at radius 3 is 2.47 bits per heavy atom. The van der Waals surface area contributed by atoms with E-state index in [2.05, 4.69) is 5.32 Å². The topological polar surface area (TPSA) is 66.4 Å². The van der Waals surface area contributed by atoms with Gasteiger partial charge in [0.05, 0.1) is 5.92 Å². The van der Waals surface area contributed by atoms with Crippen molar-refractivity contribution >= 4 is 11.9 Å². The number of alkyl halides is 3. The molecule has 0 spiro atoms. The Morgan fingerprint density at radius 2 is 1.94 bits per heavy atom. The third-order valence-electron chi connectivity index (χ3n) is 2.92. The van der Waals surface area contributed by atoms with E-state index in [1.807, 2.05) is 0 Å². The first kappa shape index (κ1) is 13.8. The number of aliphatic carboxylic acids is 1. The number of amides is 1. The van der Waals surface area contributed by atoms with Crippen LogP contribution in [-0.4, -0.2) is 29.7 Å². The average Bonchev–Trinajstić information content (AvgIpc) is 2.25. The van der Waals surface area contributed by atoms with Crippen molar-refractivity contribution in [2.24, 2.45) is 11.8 Å². The van der Waals surface area contributed by atoms with Gasteiger partial charge in [0.1, 0.15) is 6.54 Å². The second-order valence-corrected chi connectivity index (χ2v) is 4.21. The van der Waals surface area contributed by atoms with Crippen molar-refractivity contribution in [1.29, 1.82) is 0 Å². The van der Waals surface area contributed by atoms with Crippen LogP contribution in [0.5, 0.6) is 0 Å². The Balaban J connectivity index is 2.49. The van der Waals surface area contributed by atoms with Crippen molar-refractivity contribution in [2.75, 3.05) is 6.54 Å². The molecule has 1 aliphatic rings. The lowest BCUT2D eigenvalue weighted by atomic mass is 9.80. The van der Waals surface area contributed by atoms with E-state index in [1.54, 1.807) is 0 Å². The van der Waals surface area contributed by atoms with Crippen molar-refractivity contribution in [3.8, 4) is 0 Å². The number of hydrogen-bond donors (Lipinski definition) is 2. The molecule has 1 saturated carbocycles. The summed E-state index contributed by atoms with van der Waals surface area (Å²) in [7, 11) is 0. The SMILES string of the molecule is O=C(O)CNC(=O)C1CCCC(C(F)(F)F)C1. The van der Waals surface area contributed by atoms with Gasteiger partial charge in [-0.15, -0.1) is 0 Å². The van der Waals surface area contributed by atoms with E-state index in [-0.39, 0.29) is 12.8 Å². The lowest BCUT2D eigenvalue weighted by Crippen LogP contribution is -2.39. The molecule has 0 aromatic heterocycles. The van der Waals surface area contributed by atoms with Crippen molar-refractivity contribution in [3.63, 3.8) is 0 Å². The highest BCUT2D eigenvalue weighted by Gasteiger charge is 2.43. The monoisotopic (exact) mass is 253 g/mol. The van der Waals surface area contributed by atoms with Gasteiger partial charge < -0.3 is 10.4 Å². The second kappa shape index (κ2) is 5.37. The molecule has 0 bridgehead atoms. The summed E-state index contributed by atoms with van der Waals surface area (Å²) >= 11 is 0. The molecule has 1 amide bonds. The van der Waals surface area contributed by atoms with Crippen LogP contribution < -0.4 is 5.32 Å².